The molecule has 0 fully saturated rings. The van der Waals surface area contributed by atoms with Crippen LogP contribution in [0.2, 0.25) is 0 Å². The van der Waals surface area contributed by atoms with Gasteiger partial charge in [-0.25, -0.2) is 4.79 Å². The molecule has 0 radical (unpaired) electrons. The monoisotopic (exact) mass is 536 g/mol. The Morgan fingerprint density at radius 3 is 2.67 bits per heavy atom. The fourth-order valence-electron chi connectivity index (χ4n) is 3.23. The molecule has 0 unspecified atom stereocenters. The molecule has 0 saturated heterocycles. The number of aryl methyl sites for hydroxylation is 1. The number of hydrogen-bond donors (Lipinski definition) is 4. The van der Waals surface area contributed by atoms with E-state index in [1.54, 1.807) is 13.0 Å². The third kappa shape index (κ3) is 7.01. The Hall–Kier alpha value is -2.96. The molecule has 1 aliphatic heterocycles. The van der Waals surface area contributed by atoms with E-state index in [1.807, 2.05) is 0 Å². The maximum absolute atomic E-state index is 13.7. The van der Waals surface area contributed by atoms with E-state index in [0.717, 1.165) is 13.2 Å². The van der Waals surface area contributed by atoms with Crippen LogP contribution < -0.4 is 21.1 Å². The number of guanidine groups is 1. The number of fused-ring (bicyclic) bond motifs is 1. The summed E-state index contributed by atoms with van der Waals surface area (Å²) in [5, 5.41) is 16.1. The van der Waals surface area contributed by atoms with Gasteiger partial charge in [-0.2, -0.15) is 13.2 Å². The van der Waals surface area contributed by atoms with Crippen molar-refractivity contribution in [3.05, 3.63) is 33.3 Å². The second kappa shape index (κ2) is 11.3. The van der Waals surface area contributed by atoms with Crippen LogP contribution in [0.4, 0.5) is 13.2 Å². The summed E-state index contributed by atoms with van der Waals surface area (Å²) in [7, 11) is 1.11. The number of unbranched alkanes of at least 4 members (excludes halogenated alkanes) is 1. The highest BCUT2D eigenvalue weighted by Gasteiger charge is 2.48. The van der Waals surface area contributed by atoms with Crippen molar-refractivity contribution in [1.29, 1.82) is 0 Å². The number of nitrogens with two attached hydrogens (primary N) is 1. The summed E-state index contributed by atoms with van der Waals surface area (Å²) >= 11 is 3.27. The number of halogens is 4. The topological polar surface area (TPSA) is 135 Å². The second-order valence-electron chi connectivity index (χ2n) is 7.24. The van der Waals surface area contributed by atoms with Gasteiger partial charge in [0.2, 0.25) is 12.1 Å². The molecule has 0 saturated carbocycles. The molecule has 1 aliphatic rings. The molecule has 1 heterocycles. The summed E-state index contributed by atoms with van der Waals surface area (Å²) in [4.78, 5) is 24.9. The summed E-state index contributed by atoms with van der Waals surface area (Å²) in [6.07, 6.45) is -5.29. The summed E-state index contributed by atoms with van der Waals surface area (Å²) in [6, 6.07) is 1.97. The quantitative estimate of drug-likeness (QED) is 0.100. The molecule has 0 aromatic heterocycles. The van der Waals surface area contributed by atoms with Crippen molar-refractivity contribution >= 4 is 39.8 Å². The van der Waals surface area contributed by atoms with Gasteiger partial charge in [-0.3, -0.25) is 4.79 Å². The molecular weight excluding hydrogens is 513 g/mol. The van der Waals surface area contributed by atoms with Crippen molar-refractivity contribution in [2.45, 2.75) is 44.5 Å². The lowest BCUT2D eigenvalue weighted by Crippen LogP contribution is -2.48. The van der Waals surface area contributed by atoms with Crippen LogP contribution in [0.25, 0.3) is 6.08 Å². The van der Waals surface area contributed by atoms with Gasteiger partial charge in [0.05, 0.1) is 12.7 Å². The van der Waals surface area contributed by atoms with Crippen molar-refractivity contribution in [2.75, 3.05) is 13.7 Å². The smallest absolute Gasteiger partial charge is 0.429 e. The molecule has 33 heavy (non-hydrogen) atoms. The lowest BCUT2D eigenvalue weighted by molar-refractivity contribution is -0.185. The van der Waals surface area contributed by atoms with E-state index >= 15 is 0 Å². The van der Waals surface area contributed by atoms with Crippen LogP contribution in [0.3, 0.4) is 0 Å². The highest BCUT2D eigenvalue weighted by Crippen LogP contribution is 2.40. The Morgan fingerprint density at radius 1 is 1.36 bits per heavy atom. The van der Waals surface area contributed by atoms with E-state index < -0.39 is 35.8 Å². The predicted octanol–water partition coefficient (Wildman–Crippen LogP) is 2.59. The number of amides is 1. The summed E-state index contributed by atoms with van der Waals surface area (Å²) < 4.78 is 51.6. The molecule has 0 spiro atoms. The number of alkyl halides is 3. The van der Waals surface area contributed by atoms with Gasteiger partial charge in [0.15, 0.2) is 0 Å². The molecule has 1 aromatic carbocycles. The number of carbonyl (C=O) groups excluding carboxylic acids is 2. The van der Waals surface area contributed by atoms with Crippen molar-refractivity contribution in [3.8, 4) is 5.75 Å². The summed E-state index contributed by atoms with van der Waals surface area (Å²) in [6.45, 7) is 1.91. The molecule has 0 bridgehead atoms. The third-order valence-corrected chi connectivity index (χ3v) is 5.24. The fraction of sp³-hybridized carbons (Fsp3) is 0.450. The van der Waals surface area contributed by atoms with Crippen LogP contribution in [-0.2, 0) is 14.3 Å². The SMILES string of the molecule is COC(=O)[C@H](CCCCNC(N)=NO)NC(=O)C1=Cc2cc(Br)cc(C)c2O[C@@H]1C(F)(F)F. The summed E-state index contributed by atoms with van der Waals surface area (Å²) in [5.41, 5.74) is 5.38. The standard InChI is InChI=1S/C20H24BrF3N4O5/c1-10-7-12(21)8-11-9-13(16(20(22,23)24)33-15(10)11)17(29)27-14(18(30)32-2)5-3-4-6-26-19(25)28-31/h7-9,14,16,31H,3-6H2,1-2H3,(H,27,29)(H3,25,26,28)/t14-,16-/m0/s1. The van der Waals surface area contributed by atoms with Gasteiger partial charge in [0, 0.05) is 16.6 Å². The lowest BCUT2D eigenvalue weighted by atomic mass is 9.98. The van der Waals surface area contributed by atoms with Crippen LogP contribution in [0.5, 0.6) is 5.75 Å². The fourth-order valence-corrected chi connectivity index (χ4v) is 3.82. The molecule has 13 heteroatoms. The number of carbonyl (C=O) groups is 2. The van der Waals surface area contributed by atoms with Gasteiger partial charge in [0.25, 0.3) is 5.91 Å². The number of nitrogens with zero attached hydrogens (tertiary/aromatic N) is 1. The number of oxime groups is 1. The summed E-state index contributed by atoms with van der Waals surface area (Å²) in [5.74, 6) is -2.05. The van der Waals surface area contributed by atoms with Gasteiger partial charge in [-0.1, -0.05) is 21.1 Å². The van der Waals surface area contributed by atoms with Crippen molar-refractivity contribution in [2.24, 2.45) is 10.9 Å². The second-order valence-corrected chi connectivity index (χ2v) is 8.15. The van der Waals surface area contributed by atoms with Gasteiger partial charge in [0.1, 0.15) is 11.8 Å². The Labute approximate surface area is 196 Å². The molecular formula is C20H24BrF3N4O5. The maximum atomic E-state index is 13.7. The highest BCUT2D eigenvalue weighted by atomic mass is 79.9. The lowest BCUT2D eigenvalue weighted by Gasteiger charge is -2.30. The van der Waals surface area contributed by atoms with Gasteiger partial charge in [-0.15, -0.1) is 0 Å². The average Bonchev–Trinajstić information content (AvgIpc) is 2.75. The van der Waals surface area contributed by atoms with Gasteiger partial charge in [-0.05, 0) is 50.0 Å². The van der Waals surface area contributed by atoms with Crippen LogP contribution in [0, 0.1) is 6.92 Å². The van der Waals surface area contributed by atoms with E-state index in [-0.39, 0.29) is 18.1 Å². The van der Waals surface area contributed by atoms with Gasteiger partial charge < -0.3 is 31.0 Å². The first-order chi connectivity index (χ1) is 15.5. The first-order valence-corrected chi connectivity index (χ1v) is 10.6. The molecule has 2 rings (SSSR count). The Bertz CT molecular complexity index is 952. The van der Waals surface area contributed by atoms with Crippen LogP contribution >= 0.6 is 15.9 Å². The molecule has 5 N–H and O–H groups in total. The van der Waals surface area contributed by atoms with Crippen molar-refractivity contribution in [1.82, 2.24) is 10.6 Å². The number of rotatable bonds is 8. The zero-order valence-corrected chi connectivity index (χ0v) is 19.4. The zero-order chi connectivity index (χ0) is 24.8. The number of esters is 1. The largest absolute Gasteiger partial charge is 0.475 e. The number of benzene rings is 1. The first kappa shape index (κ1) is 26.3. The van der Waals surface area contributed by atoms with Gasteiger partial charge >= 0.3 is 12.1 Å². The number of ether oxygens (including phenoxy) is 2. The minimum absolute atomic E-state index is 0.0276. The Kier molecular flexibility index (Phi) is 8.97. The number of methoxy groups -OCH3 is 1. The van der Waals surface area contributed by atoms with Crippen molar-refractivity contribution in [3.63, 3.8) is 0 Å². The van der Waals surface area contributed by atoms with Crippen LogP contribution in [0.1, 0.15) is 30.4 Å². The van der Waals surface area contributed by atoms with E-state index in [1.165, 1.54) is 6.07 Å². The Morgan fingerprint density at radius 2 is 2.06 bits per heavy atom. The molecule has 0 aliphatic carbocycles. The molecule has 9 nitrogen and oxygen atoms in total. The van der Waals surface area contributed by atoms with Crippen molar-refractivity contribution < 1.29 is 37.4 Å². The molecule has 1 amide bonds. The van der Waals surface area contributed by atoms with E-state index in [2.05, 4.69) is 36.5 Å². The normalized spacial score (nSPS) is 16.7. The number of hydrogen-bond acceptors (Lipinski definition) is 6. The van der Waals surface area contributed by atoms with Crippen LogP contribution in [0.15, 0.2) is 27.3 Å². The minimum Gasteiger partial charge on any atom is -0.475 e. The maximum Gasteiger partial charge on any atom is 0.429 e. The average molecular weight is 537 g/mol. The van der Waals surface area contributed by atoms with E-state index in [4.69, 9.17) is 15.7 Å². The van der Waals surface area contributed by atoms with E-state index in [0.29, 0.717) is 35.0 Å². The molecule has 2 atom stereocenters. The predicted molar refractivity (Wildman–Crippen MR) is 117 cm³/mol. The highest BCUT2D eigenvalue weighted by molar-refractivity contribution is 9.10. The third-order valence-electron chi connectivity index (χ3n) is 4.78. The minimum atomic E-state index is -4.86. The number of nitrogens with one attached hydrogen (secondary N) is 2. The zero-order valence-electron chi connectivity index (χ0n) is 17.8. The Balaban J connectivity index is 2.21. The first-order valence-electron chi connectivity index (χ1n) is 9.83. The molecule has 1 aromatic rings. The van der Waals surface area contributed by atoms with E-state index in [9.17, 15) is 22.8 Å². The molecule has 182 valence electrons. The van der Waals surface area contributed by atoms with Crippen LogP contribution in [-0.4, -0.2) is 55.0 Å².